The molecule has 0 aromatic heterocycles. The van der Waals surface area contributed by atoms with Gasteiger partial charge in [0.05, 0.1) is 0 Å². The molecule has 6 nitrogen and oxygen atoms in total. The van der Waals surface area contributed by atoms with Gasteiger partial charge >= 0.3 is 0 Å². The molecule has 0 spiro atoms. The zero-order chi connectivity index (χ0) is 18.0. The van der Waals surface area contributed by atoms with Crippen molar-refractivity contribution in [1.29, 1.82) is 0 Å². The second kappa shape index (κ2) is 6.86. The monoisotopic (exact) mass is 344 g/mol. The van der Waals surface area contributed by atoms with Gasteiger partial charge in [-0.05, 0) is 63.3 Å². The average molecular weight is 344 g/mol. The van der Waals surface area contributed by atoms with Crippen LogP contribution in [0.3, 0.4) is 0 Å². The molecule has 1 aliphatic carbocycles. The van der Waals surface area contributed by atoms with Gasteiger partial charge in [0.2, 0.25) is 5.91 Å². The summed E-state index contributed by atoms with van der Waals surface area (Å²) in [7, 11) is 0. The lowest BCUT2D eigenvalue weighted by Crippen LogP contribution is -2.56. The van der Waals surface area contributed by atoms with Crippen molar-refractivity contribution in [2.24, 2.45) is 0 Å². The van der Waals surface area contributed by atoms with Crippen LogP contribution in [-0.4, -0.2) is 35.8 Å². The molecule has 1 saturated heterocycles. The van der Waals surface area contributed by atoms with Crippen molar-refractivity contribution < 1.29 is 19.1 Å². The summed E-state index contributed by atoms with van der Waals surface area (Å²) in [4.78, 5) is 36.3. The molecule has 2 amide bonds. The third kappa shape index (κ3) is 3.83. The van der Waals surface area contributed by atoms with Crippen LogP contribution in [0.4, 0.5) is 0 Å². The van der Waals surface area contributed by atoms with E-state index in [9.17, 15) is 14.4 Å². The summed E-state index contributed by atoms with van der Waals surface area (Å²) in [5.74, 6) is 0.237. The maximum absolute atomic E-state index is 12.6. The zero-order valence-corrected chi connectivity index (χ0v) is 14.7. The van der Waals surface area contributed by atoms with Crippen molar-refractivity contribution in [2.75, 3.05) is 6.54 Å². The van der Waals surface area contributed by atoms with Gasteiger partial charge in [0.15, 0.2) is 11.4 Å². The molecule has 1 aliphatic heterocycles. The Bertz CT molecular complexity index is 711. The highest BCUT2D eigenvalue weighted by molar-refractivity contribution is 5.98. The number of carbonyl (C=O) groups is 3. The Morgan fingerprint density at radius 1 is 1.24 bits per heavy atom. The molecular formula is C19H24N2O4. The lowest BCUT2D eigenvalue weighted by molar-refractivity contribution is -0.138. The standard InChI is InChI=1S/C19H24N2O4/c1-19(2,18(24)21-15-6-4-10-20-17(15)23)25-13-8-9-14-12(11-13)5-3-7-16(14)22/h8-9,11,15H,3-7,10H2,1-2H3,(H,20,23)(H,21,24). The van der Waals surface area contributed by atoms with Crippen LogP contribution in [0.25, 0.3) is 0 Å². The third-order valence-electron chi connectivity index (χ3n) is 4.74. The molecule has 2 aliphatic rings. The minimum absolute atomic E-state index is 0.150. The normalized spacial score (nSPS) is 20.5. The molecule has 134 valence electrons. The number of piperidine rings is 1. The molecule has 1 aromatic rings. The number of ketones is 1. The Morgan fingerprint density at radius 3 is 2.80 bits per heavy atom. The third-order valence-corrected chi connectivity index (χ3v) is 4.74. The van der Waals surface area contributed by atoms with E-state index in [1.54, 1.807) is 26.0 Å². The number of rotatable bonds is 4. The quantitative estimate of drug-likeness (QED) is 0.872. The van der Waals surface area contributed by atoms with Gasteiger partial charge in [-0.1, -0.05) is 0 Å². The van der Waals surface area contributed by atoms with E-state index in [4.69, 9.17) is 4.74 Å². The van der Waals surface area contributed by atoms with Crippen molar-refractivity contribution >= 4 is 17.6 Å². The fraction of sp³-hybridized carbons (Fsp3) is 0.526. The summed E-state index contributed by atoms with van der Waals surface area (Å²) >= 11 is 0. The predicted octanol–water partition coefficient (Wildman–Crippen LogP) is 1.76. The van der Waals surface area contributed by atoms with Gasteiger partial charge in [0, 0.05) is 18.5 Å². The molecule has 1 aromatic carbocycles. The number of amides is 2. The first kappa shape index (κ1) is 17.5. The summed E-state index contributed by atoms with van der Waals surface area (Å²) in [5.41, 5.74) is 0.598. The largest absolute Gasteiger partial charge is 0.478 e. The fourth-order valence-corrected chi connectivity index (χ4v) is 3.27. The number of carbonyl (C=O) groups excluding carboxylic acids is 3. The molecule has 1 heterocycles. The first-order valence-corrected chi connectivity index (χ1v) is 8.80. The van der Waals surface area contributed by atoms with E-state index in [1.807, 2.05) is 6.07 Å². The SMILES string of the molecule is CC(C)(Oc1ccc2c(c1)CCCC2=O)C(=O)NC1CCCNC1=O. The maximum Gasteiger partial charge on any atom is 0.264 e. The summed E-state index contributed by atoms with van der Waals surface area (Å²) in [6.07, 6.45) is 3.75. The van der Waals surface area contributed by atoms with E-state index in [1.165, 1.54) is 0 Å². The minimum atomic E-state index is -1.12. The summed E-state index contributed by atoms with van der Waals surface area (Å²) in [6, 6.07) is 4.83. The lowest BCUT2D eigenvalue weighted by atomic mass is 9.90. The number of aryl methyl sites for hydroxylation is 1. The zero-order valence-electron chi connectivity index (χ0n) is 14.7. The van der Waals surface area contributed by atoms with E-state index >= 15 is 0 Å². The van der Waals surface area contributed by atoms with Crippen molar-refractivity contribution in [3.05, 3.63) is 29.3 Å². The van der Waals surface area contributed by atoms with Crippen molar-refractivity contribution in [3.63, 3.8) is 0 Å². The molecule has 0 saturated carbocycles. The fourth-order valence-electron chi connectivity index (χ4n) is 3.27. The number of nitrogens with one attached hydrogen (secondary N) is 2. The molecular weight excluding hydrogens is 320 g/mol. The van der Waals surface area contributed by atoms with Gasteiger partial charge in [-0.25, -0.2) is 0 Å². The minimum Gasteiger partial charge on any atom is -0.478 e. The maximum atomic E-state index is 12.6. The highest BCUT2D eigenvalue weighted by atomic mass is 16.5. The summed E-state index contributed by atoms with van der Waals surface area (Å²) in [5, 5.41) is 5.52. The number of fused-ring (bicyclic) bond motifs is 1. The van der Waals surface area contributed by atoms with Crippen molar-refractivity contribution in [1.82, 2.24) is 10.6 Å². The van der Waals surface area contributed by atoms with Gasteiger partial charge in [0.1, 0.15) is 11.8 Å². The van der Waals surface area contributed by atoms with E-state index in [2.05, 4.69) is 10.6 Å². The molecule has 2 N–H and O–H groups in total. The highest BCUT2D eigenvalue weighted by Gasteiger charge is 2.34. The molecule has 6 heteroatoms. The summed E-state index contributed by atoms with van der Waals surface area (Å²) < 4.78 is 5.89. The second-order valence-corrected chi connectivity index (χ2v) is 7.17. The van der Waals surface area contributed by atoms with Crippen LogP contribution in [0.5, 0.6) is 5.75 Å². The Labute approximate surface area is 147 Å². The van der Waals surface area contributed by atoms with Crippen LogP contribution in [0.1, 0.15) is 55.5 Å². The van der Waals surface area contributed by atoms with E-state index < -0.39 is 11.6 Å². The summed E-state index contributed by atoms with van der Waals surface area (Å²) in [6.45, 7) is 4.00. The van der Waals surface area contributed by atoms with Crippen LogP contribution in [0.2, 0.25) is 0 Å². The van der Waals surface area contributed by atoms with Gasteiger partial charge in [-0.15, -0.1) is 0 Å². The smallest absolute Gasteiger partial charge is 0.264 e. The number of Topliss-reactive ketones (excluding diaryl/α,β-unsaturated/α-hetero) is 1. The molecule has 1 unspecified atom stereocenters. The Balaban J connectivity index is 1.69. The van der Waals surface area contributed by atoms with Crippen LogP contribution in [-0.2, 0) is 16.0 Å². The van der Waals surface area contributed by atoms with Crippen LogP contribution >= 0.6 is 0 Å². The molecule has 25 heavy (non-hydrogen) atoms. The molecule has 1 fully saturated rings. The van der Waals surface area contributed by atoms with Gasteiger partial charge in [-0.3, -0.25) is 14.4 Å². The van der Waals surface area contributed by atoms with Crippen molar-refractivity contribution in [3.8, 4) is 5.75 Å². The van der Waals surface area contributed by atoms with Crippen LogP contribution in [0.15, 0.2) is 18.2 Å². The Morgan fingerprint density at radius 2 is 2.04 bits per heavy atom. The van der Waals surface area contributed by atoms with Crippen molar-refractivity contribution in [2.45, 2.75) is 57.6 Å². The van der Waals surface area contributed by atoms with Crippen LogP contribution < -0.4 is 15.4 Å². The first-order chi connectivity index (χ1) is 11.9. The van der Waals surface area contributed by atoms with Crippen LogP contribution in [0, 0.1) is 0 Å². The van der Waals surface area contributed by atoms with Gasteiger partial charge in [0.25, 0.3) is 5.91 Å². The van der Waals surface area contributed by atoms with E-state index in [0.717, 1.165) is 30.4 Å². The number of ether oxygens (including phenoxy) is 1. The topological polar surface area (TPSA) is 84.5 Å². The Kier molecular flexibility index (Phi) is 4.79. The van der Waals surface area contributed by atoms with Gasteiger partial charge in [-0.2, -0.15) is 0 Å². The second-order valence-electron chi connectivity index (χ2n) is 7.17. The number of hydrogen-bond donors (Lipinski definition) is 2. The van der Waals surface area contributed by atoms with E-state index in [-0.39, 0.29) is 17.6 Å². The Hall–Kier alpha value is -2.37. The highest BCUT2D eigenvalue weighted by Crippen LogP contribution is 2.27. The molecule has 0 radical (unpaired) electrons. The number of hydrogen-bond acceptors (Lipinski definition) is 4. The first-order valence-electron chi connectivity index (χ1n) is 8.80. The van der Waals surface area contributed by atoms with Gasteiger partial charge < -0.3 is 15.4 Å². The predicted molar refractivity (Wildman–Crippen MR) is 92.6 cm³/mol. The lowest BCUT2D eigenvalue weighted by Gasteiger charge is -2.30. The number of benzene rings is 1. The molecule has 1 atom stereocenters. The average Bonchev–Trinajstić information content (AvgIpc) is 2.56. The van der Waals surface area contributed by atoms with E-state index in [0.29, 0.717) is 25.1 Å². The molecule has 3 rings (SSSR count). The molecule has 0 bridgehead atoms.